The van der Waals surface area contributed by atoms with Crippen molar-refractivity contribution in [3.8, 4) is 0 Å². The van der Waals surface area contributed by atoms with Crippen LogP contribution in [0.15, 0.2) is 5.10 Å². The molecule has 0 aromatic heterocycles. The number of rotatable bonds is 2. The zero-order valence-corrected chi connectivity index (χ0v) is 6.87. The van der Waals surface area contributed by atoms with Crippen molar-refractivity contribution in [2.75, 3.05) is 6.61 Å². The molecule has 0 heterocycles. The SMILES string of the molecule is CCOC(=O)NN=C(Cl)[N+](=O)[O-]. The average molecular weight is 196 g/mol. The van der Waals surface area contributed by atoms with Gasteiger partial charge in [-0.05, 0) is 11.8 Å². The molecule has 0 aromatic rings. The topological polar surface area (TPSA) is 93.8 Å². The van der Waals surface area contributed by atoms with Gasteiger partial charge in [-0.2, -0.15) is 0 Å². The molecule has 0 aliphatic rings. The Morgan fingerprint density at radius 2 is 2.42 bits per heavy atom. The second-order valence-electron chi connectivity index (χ2n) is 1.47. The van der Waals surface area contributed by atoms with Gasteiger partial charge in [0.15, 0.2) is 0 Å². The van der Waals surface area contributed by atoms with Gasteiger partial charge in [-0.1, -0.05) is 0 Å². The number of hydrazone groups is 1. The van der Waals surface area contributed by atoms with Crippen molar-refractivity contribution in [3.63, 3.8) is 0 Å². The lowest BCUT2D eigenvalue weighted by Crippen LogP contribution is -2.21. The van der Waals surface area contributed by atoms with Gasteiger partial charge in [0.1, 0.15) is 0 Å². The van der Waals surface area contributed by atoms with Crippen molar-refractivity contribution in [3.05, 3.63) is 10.1 Å². The van der Waals surface area contributed by atoms with Crippen LogP contribution < -0.4 is 5.43 Å². The fraction of sp³-hybridized carbons (Fsp3) is 0.500. The van der Waals surface area contributed by atoms with Crippen LogP contribution in [0.3, 0.4) is 0 Å². The van der Waals surface area contributed by atoms with Crippen molar-refractivity contribution in [1.29, 1.82) is 0 Å². The number of carbonyl (C=O) groups is 1. The molecule has 0 aliphatic carbocycles. The Bertz CT molecular complexity index is 216. The van der Waals surface area contributed by atoms with Gasteiger partial charge in [-0.25, -0.2) is 4.79 Å². The predicted molar refractivity (Wildman–Crippen MR) is 40.4 cm³/mol. The number of nitrogens with one attached hydrogen (secondary N) is 1. The summed E-state index contributed by atoms with van der Waals surface area (Å²) >= 11 is 4.94. The fourth-order valence-corrected chi connectivity index (χ4v) is 0.338. The van der Waals surface area contributed by atoms with E-state index in [0.29, 0.717) is 0 Å². The summed E-state index contributed by atoms with van der Waals surface area (Å²) < 4.78 is 4.33. The molecule has 0 atom stereocenters. The summed E-state index contributed by atoms with van der Waals surface area (Å²) in [7, 11) is 0. The monoisotopic (exact) mass is 195 g/mol. The zero-order chi connectivity index (χ0) is 9.56. The van der Waals surface area contributed by atoms with Gasteiger partial charge in [0.2, 0.25) is 0 Å². The first-order valence-corrected chi connectivity index (χ1v) is 3.26. The molecule has 0 radical (unpaired) electrons. The molecular weight excluding hydrogens is 190 g/mol. The third-order valence-electron chi connectivity index (χ3n) is 0.666. The number of nitrogens with zero attached hydrogens (tertiary/aromatic N) is 2. The van der Waals surface area contributed by atoms with Crippen LogP contribution in [-0.2, 0) is 4.74 Å². The summed E-state index contributed by atoms with van der Waals surface area (Å²) in [4.78, 5) is 19.3. The molecular formula is C4H6ClN3O4. The van der Waals surface area contributed by atoms with Crippen LogP contribution in [0.2, 0.25) is 0 Å². The number of halogens is 1. The summed E-state index contributed by atoms with van der Waals surface area (Å²) in [6.45, 7) is 1.73. The minimum atomic E-state index is -0.951. The van der Waals surface area contributed by atoms with Gasteiger partial charge >= 0.3 is 11.4 Å². The van der Waals surface area contributed by atoms with Crippen LogP contribution in [0.1, 0.15) is 6.92 Å². The van der Waals surface area contributed by atoms with Gasteiger partial charge < -0.3 is 14.9 Å². The van der Waals surface area contributed by atoms with Crippen LogP contribution in [0.25, 0.3) is 0 Å². The normalized spacial score (nSPS) is 10.7. The van der Waals surface area contributed by atoms with E-state index in [-0.39, 0.29) is 6.61 Å². The molecule has 8 heteroatoms. The van der Waals surface area contributed by atoms with E-state index in [2.05, 4.69) is 9.84 Å². The molecule has 0 unspecified atom stereocenters. The molecule has 0 aromatic carbocycles. The highest BCUT2D eigenvalue weighted by molar-refractivity contribution is 6.62. The van der Waals surface area contributed by atoms with Gasteiger partial charge in [-0.15, -0.1) is 5.43 Å². The highest BCUT2D eigenvalue weighted by atomic mass is 35.5. The number of nitro groups is 1. The molecule has 12 heavy (non-hydrogen) atoms. The van der Waals surface area contributed by atoms with Crippen molar-refractivity contribution < 1.29 is 14.5 Å². The van der Waals surface area contributed by atoms with Gasteiger partial charge in [0, 0.05) is 11.6 Å². The van der Waals surface area contributed by atoms with E-state index >= 15 is 0 Å². The minimum absolute atomic E-state index is 0.150. The summed E-state index contributed by atoms with van der Waals surface area (Å²) in [5.74, 6) is 0. The van der Waals surface area contributed by atoms with Crippen molar-refractivity contribution in [1.82, 2.24) is 5.43 Å². The van der Waals surface area contributed by atoms with Crippen LogP contribution >= 0.6 is 11.6 Å². The van der Waals surface area contributed by atoms with E-state index in [1.54, 1.807) is 12.3 Å². The van der Waals surface area contributed by atoms with Gasteiger partial charge in [0.25, 0.3) is 0 Å². The highest BCUT2D eigenvalue weighted by Gasteiger charge is 2.09. The van der Waals surface area contributed by atoms with Gasteiger partial charge in [-0.3, -0.25) is 0 Å². The van der Waals surface area contributed by atoms with E-state index in [4.69, 9.17) is 11.6 Å². The Labute approximate surface area is 72.5 Å². The minimum Gasteiger partial charge on any atom is -0.447 e. The Kier molecular flexibility index (Phi) is 4.70. The molecule has 0 spiro atoms. The van der Waals surface area contributed by atoms with E-state index in [1.165, 1.54) is 0 Å². The molecule has 0 saturated carbocycles. The molecule has 0 fully saturated rings. The Balaban J connectivity index is 3.87. The number of hydrogen-bond donors (Lipinski definition) is 1. The first-order valence-electron chi connectivity index (χ1n) is 2.88. The van der Waals surface area contributed by atoms with Crippen LogP contribution in [0, 0.1) is 10.1 Å². The van der Waals surface area contributed by atoms with Crippen LogP contribution in [0.5, 0.6) is 0 Å². The lowest BCUT2D eigenvalue weighted by molar-refractivity contribution is -0.344. The van der Waals surface area contributed by atoms with E-state index < -0.39 is 16.3 Å². The predicted octanol–water partition coefficient (Wildman–Crippen LogP) is 0.519. The maximum atomic E-state index is 10.4. The summed E-state index contributed by atoms with van der Waals surface area (Å²) in [6.07, 6.45) is -0.891. The maximum absolute atomic E-state index is 10.4. The quantitative estimate of drug-likeness (QED) is 0.228. The second-order valence-corrected chi connectivity index (χ2v) is 1.81. The van der Waals surface area contributed by atoms with E-state index in [1.807, 2.05) is 0 Å². The largest absolute Gasteiger partial charge is 0.460 e. The van der Waals surface area contributed by atoms with Crippen LogP contribution in [-0.4, -0.2) is 22.9 Å². The molecule has 1 amide bonds. The molecule has 0 bridgehead atoms. The van der Waals surface area contributed by atoms with Crippen molar-refractivity contribution in [2.24, 2.45) is 5.10 Å². The standard InChI is InChI=1S/C4H6ClN3O4/c1-2-12-4(9)7-6-3(5)8(10)11/h2H2,1H3,(H,7,9). The molecule has 0 aliphatic heterocycles. The van der Waals surface area contributed by atoms with E-state index in [9.17, 15) is 14.9 Å². The Morgan fingerprint density at radius 1 is 1.83 bits per heavy atom. The maximum Gasteiger partial charge on any atom is 0.460 e. The third-order valence-corrected chi connectivity index (χ3v) is 0.888. The third kappa shape index (κ3) is 4.45. The van der Waals surface area contributed by atoms with Crippen molar-refractivity contribution >= 4 is 23.0 Å². The molecule has 7 nitrogen and oxygen atoms in total. The number of ether oxygens (including phenoxy) is 1. The fourth-order valence-electron chi connectivity index (χ4n) is 0.296. The number of amidine groups is 1. The molecule has 0 saturated heterocycles. The average Bonchev–Trinajstić information content (AvgIpc) is 2.00. The van der Waals surface area contributed by atoms with E-state index in [0.717, 1.165) is 0 Å². The Hall–Kier alpha value is -1.37. The van der Waals surface area contributed by atoms with Crippen LogP contribution in [0.4, 0.5) is 4.79 Å². The number of amides is 1. The smallest absolute Gasteiger partial charge is 0.447 e. The molecule has 68 valence electrons. The Morgan fingerprint density at radius 3 is 2.83 bits per heavy atom. The number of hydrogen-bond acceptors (Lipinski definition) is 5. The first-order chi connectivity index (χ1) is 5.57. The summed E-state index contributed by atoms with van der Waals surface area (Å²) in [5, 5.41) is 11.8. The summed E-state index contributed by atoms with van der Waals surface area (Å²) in [6, 6.07) is 0. The molecule has 0 rings (SSSR count). The lowest BCUT2D eigenvalue weighted by atomic mass is 10.9. The summed E-state index contributed by atoms with van der Waals surface area (Å²) in [5.41, 5.74) is 1.72. The highest BCUT2D eigenvalue weighted by Crippen LogP contribution is 1.85. The lowest BCUT2D eigenvalue weighted by Gasteiger charge is -1.94. The second kappa shape index (κ2) is 5.30. The molecule has 1 N–H and O–H groups in total. The van der Waals surface area contributed by atoms with Gasteiger partial charge in [0.05, 0.1) is 11.7 Å². The van der Waals surface area contributed by atoms with Crippen molar-refractivity contribution in [2.45, 2.75) is 6.92 Å². The first kappa shape index (κ1) is 10.6. The zero-order valence-electron chi connectivity index (χ0n) is 6.11. The number of carbonyl (C=O) groups excluding carboxylic acids is 1.